The van der Waals surface area contributed by atoms with Gasteiger partial charge in [0, 0.05) is 5.41 Å². The second kappa shape index (κ2) is 5.33. The van der Waals surface area contributed by atoms with Gasteiger partial charge in [-0.05, 0) is 63.9 Å². The summed E-state index contributed by atoms with van der Waals surface area (Å²) in [4.78, 5) is 12.7. The first-order chi connectivity index (χ1) is 10.3. The Morgan fingerprint density at radius 2 is 2.00 bits per heavy atom. The first-order valence-corrected chi connectivity index (χ1v) is 8.85. The van der Waals surface area contributed by atoms with Crippen LogP contribution >= 0.6 is 0 Å². The number of allylic oxidation sites excluding steroid dienone is 4. The molecule has 0 radical (unpaired) electrons. The van der Waals surface area contributed by atoms with E-state index in [1.807, 2.05) is 6.08 Å². The number of carbonyl (C=O) groups excluding carboxylic acids is 1. The molecule has 3 rings (SSSR count). The number of ether oxygens (including phenoxy) is 1. The first kappa shape index (κ1) is 16.0. The van der Waals surface area contributed by atoms with Gasteiger partial charge in [-0.3, -0.25) is 4.79 Å². The SMILES string of the molecule is CC1=CCC2(C)C(=O)C=C(C(C)C)C2CCC2(C)OC2CC1. The van der Waals surface area contributed by atoms with Crippen molar-refractivity contribution in [3.8, 4) is 0 Å². The first-order valence-electron chi connectivity index (χ1n) is 8.85. The van der Waals surface area contributed by atoms with Crippen molar-refractivity contribution in [2.24, 2.45) is 17.3 Å². The smallest absolute Gasteiger partial charge is 0.162 e. The molecule has 0 bridgehead atoms. The molecule has 4 unspecified atom stereocenters. The van der Waals surface area contributed by atoms with Crippen molar-refractivity contribution in [3.63, 3.8) is 0 Å². The van der Waals surface area contributed by atoms with Crippen LogP contribution in [-0.4, -0.2) is 17.5 Å². The Morgan fingerprint density at radius 3 is 2.68 bits per heavy atom. The number of fused-ring (bicyclic) bond motifs is 2. The monoisotopic (exact) mass is 302 g/mol. The minimum atomic E-state index is -0.244. The molecule has 0 spiro atoms. The number of hydrogen-bond acceptors (Lipinski definition) is 2. The summed E-state index contributed by atoms with van der Waals surface area (Å²) in [7, 11) is 0. The highest BCUT2D eigenvalue weighted by Crippen LogP contribution is 2.52. The lowest BCUT2D eigenvalue weighted by molar-refractivity contribution is -0.123. The summed E-state index contributed by atoms with van der Waals surface area (Å²) in [6, 6.07) is 0. The van der Waals surface area contributed by atoms with Gasteiger partial charge in [-0.25, -0.2) is 0 Å². The predicted octanol–water partition coefficient (Wildman–Crippen LogP) is 4.84. The molecule has 0 N–H and O–H groups in total. The summed E-state index contributed by atoms with van der Waals surface area (Å²) >= 11 is 0. The van der Waals surface area contributed by atoms with Gasteiger partial charge in [-0.15, -0.1) is 0 Å². The van der Waals surface area contributed by atoms with Crippen LogP contribution in [0.25, 0.3) is 0 Å². The van der Waals surface area contributed by atoms with Gasteiger partial charge in [0.1, 0.15) is 0 Å². The summed E-state index contributed by atoms with van der Waals surface area (Å²) in [5.74, 6) is 1.17. The van der Waals surface area contributed by atoms with Gasteiger partial charge < -0.3 is 4.74 Å². The lowest BCUT2D eigenvalue weighted by atomic mass is 9.69. The number of hydrogen-bond donors (Lipinski definition) is 0. The normalized spacial score (nSPS) is 42.2. The summed E-state index contributed by atoms with van der Waals surface area (Å²) < 4.78 is 6.00. The van der Waals surface area contributed by atoms with Gasteiger partial charge in [-0.1, -0.05) is 38.0 Å². The molecule has 122 valence electrons. The predicted molar refractivity (Wildman–Crippen MR) is 89.6 cm³/mol. The fraction of sp³-hybridized carbons (Fsp3) is 0.750. The van der Waals surface area contributed by atoms with E-state index in [1.165, 1.54) is 11.1 Å². The molecule has 4 atom stereocenters. The number of rotatable bonds is 1. The zero-order valence-electron chi connectivity index (χ0n) is 14.7. The number of epoxide rings is 1. The minimum absolute atomic E-state index is 0.0548. The van der Waals surface area contributed by atoms with E-state index in [4.69, 9.17) is 4.74 Å². The van der Waals surface area contributed by atoms with E-state index >= 15 is 0 Å². The van der Waals surface area contributed by atoms with Crippen LogP contribution in [0.4, 0.5) is 0 Å². The van der Waals surface area contributed by atoms with Crippen molar-refractivity contribution in [3.05, 3.63) is 23.3 Å². The van der Waals surface area contributed by atoms with Crippen LogP contribution in [0.2, 0.25) is 0 Å². The van der Waals surface area contributed by atoms with E-state index in [0.717, 1.165) is 32.1 Å². The van der Waals surface area contributed by atoms with Crippen LogP contribution in [0.5, 0.6) is 0 Å². The van der Waals surface area contributed by atoms with E-state index < -0.39 is 0 Å². The van der Waals surface area contributed by atoms with Crippen LogP contribution in [0.1, 0.15) is 66.7 Å². The van der Waals surface area contributed by atoms with E-state index in [0.29, 0.717) is 23.7 Å². The van der Waals surface area contributed by atoms with Crippen LogP contribution in [-0.2, 0) is 9.53 Å². The molecule has 1 fully saturated rings. The lowest BCUT2D eigenvalue weighted by Gasteiger charge is -2.33. The Kier molecular flexibility index (Phi) is 3.87. The Hall–Kier alpha value is -0.890. The van der Waals surface area contributed by atoms with Gasteiger partial charge in [0.05, 0.1) is 11.7 Å². The van der Waals surface area contributed by atoms with Crippen LogP contribution in [0, 0.1) is 17.3 Å². The molecule has 0 aromatic rings. The molecule has 2 heteroatoms. The van der Waals surface area contributed by atoms with Crippen LogP contribution in [0.3, 0.4) is 0 Å². The molecule has 0 aromatic carbocycles. The molecule has 2 nitrogen and oxygen atoms in total. The van der Waals surface area contributed by atoms with Gasteiger partial charge in [0.25, 0.3) is 0 Å². The number of carbonyl (C=O) groups is 1. The van der Waals surface area contributed by atoms with E-state index in [2.05, 4.69) is 40.7 Å². The Morgan fingerprint density at radius 1 is 1.27 bits per heavy atom. The highest BCUT2D eigenvalue weighted by molar-refractivity contribution is 5.98. The van der Waals surface area contributed by atoms with Gasteiger partial charge in [0.2, 0.25) is 0 Å². The van der Waals surface area contributed by atoms with Crippen molar-refractivity contribution in [2.75, 3.05) is 0 Å². The lowest BCUT2D eigenvalue weighted by Crippen LogP contribution is -2.32. The van der Waals surface area contributed by atoms with Gasteiger partial charge in [0.15, 0.2) is 5.78 Å². The molecule has 0 saturated carbocycles. The topological polar surface area (TPSA) is 29.6 Å². The second-order valence-electron chi connectivity index (χ2n) is 8.38. The third-order valence-electron chi connectivity index (χ3n) is 6.34. The summed E-state index contributed by atoms with van der Waals surface area (Å²) in [5, 5.41) is 0. The van der Waals surface area contributed by atoms with Gasteiger partial charge in [-0.2, -0.15) is 0 Å². The van der Waals surface area contributed by atoms with Crippen molar-refractivity contribution in [1.29, 1.82) is 0 Å². The molecule has 0 amide bonds. The minimum Gasteiger partial charge on any atom is -0.366 e. The van der Waals surface area contributed by atoms with Crippen LogP contribution < -0.4 is 0 Å². The largest absolute Gasteiger partial charge is 0.366 e. The molecule has 1 heterocycles. The van der Waals surface area contributed by atoms with E-state index in [1.54, 1.807) is 0 Å². The molecule has 22 heavy (non-hydrogen) atoms. The second-order valence-corrected chi connectivity index (χ2v) is 8.38. The standard InChI is InChI=1S/C20H30O2/c1-13(2)15-12-17(21)19(4)10-8-14(3)6-7-18-20(5,22-18)11-9-16(15)19/h8,12-13,16,18H,6-7,9-11H2,1-5H3. The molecule has 1 aliphatic heterocycles. The van der Waals surface area contributed by atoms with Crippen molar-refractivity contribution in [2.45, 2.75) is 78.4 Å². The van der Waals surface area contributed by atoms with Crippen molar-refractivity contribution in [1.82, 2.24) is 0 Å². The molecule has 2 aliphatic carbocycles. The molecule has 3 aliphatic rings. The molecular weight excluding hydrogens is 272 g/mol. The Labute approximate surface area is 135 Å². The third-order valence-corrected chi connectivity index (χ3v) is 6.34. The van der Waals surface area contributed by atoms with Crippen LogP contribution in [0.15, 0.2) is 23.3 Å². The molecule has 0 aromatic heterocycles. The zero-order valence-corrected chi connectivity index (χ0v) is 14.7. The fourth-order valence-electron chi connectivity index (χ4n) is 4.41. The maximum absolute atomic E-state index is 12.7. The quantitative estimate of drug-likeness (QED) is 0.512. The average Bonchev–Trinajstić information content (AvgIpc) is 3.03. The maximum atomic E-state index is 12.7. The summed E-state index contributed by atoms with van der Waals surface area (Å²) in [6.07, 6.45) is 9.95. The van der Waals surface area contributed by atoms with Crippen molar-refractivity contribution >= 4 is 5.78 Å². The summed E-state index contributed by atoms with van der Waals surface area (Å²) in [5.41, 5.74) is 2.58. The fourth-order valence-corrected chi connectivity index (χ4v) is 4.41. The van der Waals surface area contributed by atoms with Gasteiger partial charge >= 0.3 is 0 Å². The zero-order chi connectivity index (χ0) is 16.1. The third kappa shape index (κ3) is 2.60. The highest BCUT2D eigenvalue weighted by atomic mass is 16.6. The Balaban J connectivity index is 1.92. The number of ketones is 1. The Bertz CT molecular complexity index is 542. The molecule has 1 saturated heterocycles. The molecular formula is C20H30O2. The van der Waals surface area contributed by atoms with E-state index in [9.17, 15) is 4.79 Å². The highest BCUT2D eigenvalue weighted by Gasteiger charge is 2.53. The summed E-state index contributed by atoms with van der Waals surface area (Å²) in [6.45, 7) is 11.1. The van der Waals surface area contributed by atoms with E-state index in [-0.39, 0.29) is 11.0 Å². The average molecular weight is 302 g/mol. The van der Waals surface area contributed by atoms with Crippen molar-refractivity contribution < 1.29 is 9.53 Å². The maximum Gasteiger partial charge on any atom is 0.162 e.